The first kappa shape index (κ1) is 22.1. The topological polar surface area (TPSA) is 124 Å². The highest BCUT2D eigenvalue weighted by atomic mass is 16.4. The summed E-state index contributed by atoms with van der Waals surface area (Å²) in [6.45, 7) is 2.53. The Balaban J connectivity index is 1.34. The molecule has 0 spiro atoms. The summed E-state index contributed by atoms with van der Waals surface area (Å²) >= 11 is 0. The van der Waals surface area contributed by atoms with Crippen molar-refractivity contribution in [3.05, 3.63) is 99.4 Å². The number of hydrogen-bond acceptors (Lipinski definition) is 6. The molecule has 0 fully saturated rings. The lowest BCUT2D eigenvalue weighted by Gasteiger charge is -2.10. The molecule has 0 unspecified atom stereocenters. The van der Waals surface area contributed by atoms with Gasteiger partial charge in [-0.3, -0.25) is 14.2 Å². The fourth-order valence-electron chi connectivity index (χ4n) is 3.84. The number of carbonyl (C=O) groups is 2. The van der Waals surface area contributed by atoms with E-state index in [0.29, 0.717) is 23.3 Å². The van der Waals surface area contributed by atoms with E-state index >= 15 is 0 Å². The number of aryl methyl sites for hydroxylation is 2. The molecule has 0 saturated heterocycles. The predicted molar refractivity (Wildman–Crippen MR) is 128 cm³/mol. The van der Waals surface area contributed by atoms with Crippen molar-refractivity contribution >= 4 is 28.6 Å². The molecule has 0 aliphatic heterocycles. The van der Waals surface area contributed by atoms with Crippen LogP contribution < -0.4 is 16.4 Å². The minimum Gasteiger partial charge on any atom is -0.408 e. The molecule has 35 heavy (non-hydrogen) atoms. The van der Waals surface area contributed by atoms with E-state index < -0.39 is 11.7 Å². The largest absolute Gasteiger partial charge is 0.419 e. The second-order valence-electron chi connectivity index (χ2n) is 8.21. The van der Waals surface area contributed by atoms with Crippen molar-refractivity contribution in [2.75, 3.05) is 0 Å². The monoisotopic (exact) mass is 470 g/mol. The Hall–Kier alpha value is -4.73. The third-order valence-electron chi connectivity index (χ3n) is 5.67. The standard InChI is InChI=1S/C25H22N6O4/c1-15-4-3-5-16(10-15)13-27-24(33)20-12-18(29-22-8-9-28-31(20)22)23(32)26-14-17-6-7-21-19(11-17)30(2)25(34)35-21/h3-12H,13-14H2,1-2H3,(H,26,32)(H,27,33). The van der Waals surface area contributed by atoms with Crippen molar-refractivity contribution < 1.29 is 14.0 Å². The average Bonchev–Trinajstić information content (AvgIpc) is 3.44. The quantitative estimate of drug-likeness (QED) is 0.393. The van der Waals surface area contributed by atoms with Gasteiger partial charge >= 0.3 is 5.76 Å². The number of nitrogens with one attached hydrogen (secondary N) is 2. The van der Waals surface area contributed by atoms with Crippen LogP contribution in [0.15, 0.2) is 70.0 Å². The van der Waals surface area contributed by atoms with Gasteiger partial charge in [-0.2, -0.15) is 5.10 Å². The molecule has 0 atom stereocenters. The zero-order valence-electron chi connectivity index (χ0n) is 19.1. The van der Waals surface area contributed by atoms with Crippen LogP contribution in [0.1, 0.15) is 37.7 Å². The number of carbonyl (C=O) groups excluding carboxylic acids is 2. The summed E-state index contributed by atoms with van der Waals surface area (Å²) in [4.78, 5) is 41.9. The summed E-state index contributed by atoms with van der Waals surface area (Å²) in [5.41, 5.74) is 4.63. The summed E-state index contributed by atoms with van der Waals surface area (Å²) < 4.78 is 7.93. The van der Waals surface area contributed by atoms with E-state index in [-0.39, 0.29) is 23.8 Å². The Morgan fingerprint density at radius 1 is 0.971 bits per heavy atom. The van der Waals surface area contributed by atoms with Gasteiger partial charge in [-0.05, 0) is 30.2 Å². The molecule has 3 aromatic heterocycles. The first-order valence-corrected chi connectivity index (χ1v) is 10.9. The molecule has 0 aliphatic rings. The molecule has 2 amide bonds. The van der Waals surface area contributed by atoms with Crippen LogP contribution in [0.3, 0.4) is 0 Å². The average molecular weight is 470 g/mol. The van der Waals surface area contributed by atoms with E-state index in [1.807, 2.05) is 31.2 Å². The lowest BCUT2D eigenvalue weighted by Crippen LogP contribution is -2.28. The fourth-order valence-corrected chi connectivity index (χ4v) is 3.84. The van der Waals surface area contributed by atoms with Gasteiger partial charge in [0, 0.05) is 32.3 Å². The van der Waals surface area contributed by atoms with Gasteiger partial charge in [-0.25, -0.2) is 14.3 Å². The van der Waals surface area contributed by atoms with E-state index in [4.69, 9.17) is 4.42 Å². The Morgan fingerprint density at radius 3 is 2.54 bits per heavy atom. The van der Waals surface area contributed by atoms with Crippen LogP contribution in [-0.2, 0) is 20.1 Å². The third-order valence-corrected chi connectivity index (χ3v) is 5.67. The number of benzene rings is 2. The van der Waals surface area contributed by atoms with Gasteiger partial charge < -0.3 is 15.1 Å². The highest BCUT2D eigenvalue weighted by Gasteiger charge is 2.18. The van der Waals surface area contributed by atoms with Crippen LogP contribution in [0, 0.1) is 6.92 Å². The summed E-state index contributed by atoms with van der Waals surface area (Å²) in [6.07, 6.45) is 1.52. The number of rotatable bonds is 6. The van der Waals surface area contributed by atoms with Crippen LogP contribution in [0.5, 0.6) is 0 Å². The summed E-state index contributed by atoms with van der Waals surface area (Å²) in [5.74, 6) is -1.27. The van der Waals surface area contributed by atoms with Gasteiger partial charge in [0.25, 0.3) is 11.8 Å². The maximum Gasteiger partial charge on any atom is 0.419 e. The lowest BCUT2D eigenvalue weighted by molar-refractivity contribution is 0.0942. The van der Waals surface area contributed by atoms with Gasteiger partial charge in [-0.15, -0.1) is 0 Å². The lowest BCUT2D eigenvalue weighted by atomic mass is 10.1. The smallest absolute Gasteiger partial charge is 0.408 e. The minimum absolute atomic E-state index is 0.0931. The number of nitrogens with zero attached hydrogens (tertiary/aromatic N) is 4. The number of fused-ring (bicyclic) bond motifs is 2. The second kappa shape index (κ2) is 8.90. The van der Waals surface area contributed by atoms with Crippen molar-refractivity contribution in [1.82, 2.24) is 29.8 Å². The normalized spacial score (nSPS) is 11.1. The molecule has 5 rings (SSSR count). The minimum atomic E-state index is -0.451. The fraction of sp³-hybridized carbons (Fsp3) is 0.160. The van der Waals surface area contributed by atoms with Gasteiger partial charge in [0.2, 0.25) is 0 Å². The molecule has 0 saturated carbocycles. The number of aromatic nitrogens is 4. The van der Waals surface area contributed by atoms with Crippen molar-refractivity contribution in [2.45, 2.75) is 20.0 Å². The number of hydrogen-bond donors (Lipinski definition) is 2. The Bertz CT molecular complexity index is 1650. The van der Waals surface area contributed by atoms with Crippen molar-refractivity contribution in [3.8, 4) is 0 Å². The van der Waals surface area contributed by atoms with E-state index in [1.54, 1.807) is 31.3 Å². The first-order valence-electron chi connectivity index (χ1n) is 10.9. The zero-order chi connectivity index (χ0) is 24.5. The highest BCUT2D eigenvalue weighted by Crippen LogP contribution is 2.15. The van der Waals surface area contributed by atoms with Crippen LogP contribution in [-0.4, -0.2) is 31.0 Å². The first-order chi connectivity index (χ1) is 16.9. The van der Waals surface area contributed by atoms with Gasteiger partial charge in [0.15, 0.2) is 11.2 Å². The van der Waals surface area contributed by atoms with Crippen molar-refractivity contribution in [3.63, 3.8) is 0 Å². The van der Waals surface area contributed by atoms with Crippen LogP contribution in [0.25, 0.3) is 16.7 Å². The molecule has 2 aromatic carbocycles. The molecule has 10 nitrogen and oxygen atoms in total. The van der Waals surface area contributed by atoms with Gasteiger partial charge in [0.05, 0.1) is 11.7 Å². The molecule has 0 aliphatic carbocycles. The Labute approximate surface area is 199 Å². The van der Waals surface area contributed by atoms with E-state index in [2.05, 4.69) is 20.7 Å². The maximum atomic E-state index is 13.0. The van der Waals surface area contributed by atoms with E-state index in [1.165, 1.54) is 21.3 Å². The summed E-state index contributed by atoms with van der Waals surface area (Å²) in [7, 11) is 1.62. The summed E-state index contributed by atoms with van der Waals surface area (Å²) in [5, 5.41) is 9.86. The highest BCUT2D eigenvalue weighted by molar-refractivity contribution is 5.98. The summed E-state index contributed by atoms with van der Waals surface area (Å²) in [6, 6.07) is 16.1. The predicted octanol–water partition coefficient (Wildman–Crippen LogP) is 2.34. The molecular formula is C25H22N6O4. The van der Waals surface area contributed by atoms with Crippen LogP contribution in [0.4, 0.5) is 0 Å². The van der Waals surface area contributed by atoms with Crippen LogP contribution in [0.2, 0.25) is 0 Å². The Kier molecular flexibility index (Phi) is 5.61. The van der Waals surface area contributed by atoms with Gasteiger partial charge in [0.1, 0.15) is 11.4 Å². The second-order valence-corrected chi connectivity index (χ2v) is 8.21. The van der Waals surface area contributed by atoms with Crippen molar-refractivity contribution in [1.29, 1.82) is 0 Å². The SMILES string of the molecule is Cc1cccc(CNC(=O)c2cc(C(=O)NCc3ccc4oc(=O)n(C)c4c3)nc3ccnn23)c1. The molecule has 10 heteroatoms. The van der Waals surface area contributed by atoms with Gasteiger partial charge in [-0.1, -0.05) is 35.9 Å². The van der Waals surface area contributed by atoms with E-state index in [9.17, 15) is 14.4 Å². The Morgan fingerprint density at radius 2 is 1.74 bits per heavy atom. The molecule has 2 N–H and O–H groups in total. The molecule has 0 bridgehead atoms. The van der Waals surface area contributed by atoms with Crippen molar-refractivity contribution in [2.24, 2.45) is 7.05 Å². The van der Waals surface area contributed by atoms with Crippen LogP contribution >= 0.6 is 0 Å². The molecule has 5 aromatic rings. The number of oxazole rings is 1. The molecular weight excluding hydrogens is 448 g/mol. The molecule has 3 heterocycles. The molecule has 0 radical (unpaired) electrons. The zero-order valence-corrected chi connectivity index (χ0v) is 19.1. The third kappa shape index (κ3) is 4.41. The van der Waals surface area contributed by atoms with E-state index in [0.717, 1.165) is 16.7 Å². The molecule has 176 valence electrons. The maximum absolute atomic E-state index is 13.0. The number of amides is 2.